The normalized spacial score (nSPS) is 26.6. The first-order valence-electron chi connectivity index (χ1n) is 7.46. The van der Waals surface area contributed by atoms with Crippen LogP contribution in [0.25, 0.3) is 0 Å². The molecule has 1 heterocycles. The molecule has 4 heteroatoms. The number of carbonyl (C=O) groups is 2. The molecule has 19 heavy (non-hydrogen) atoms. The minimum atomic E-state index is -0.485. The molecule has 2 aliphatic rings. The summed E-state index contributed by atoms with van der Waals surface area (Å²) in [4.78, 5) is 26.0. The summed E-state index contributed by atoms with van der Waals surface area (Å²) in [5.41, 5.74) is -0.0481. The van der Waals surface area contributed by atoms with Crippen molar-refractivity contribution in [1.82, 2.24) is 4.90 Å². The van der Waals surface area contributed by atoms with Crippen molar-refractivity contribution in [2.45, 2.75) is 77.4 Å². The predicted octanol–water partition coefficient (Wildman–Crippen LogP) is 2.25. The standard InChI is InChI=1S/C15H25NO3/c1-11(8-12(2)17)16-13(18)9-15(10-14(16)19)6-4-3-5-7-15/h11-12,17H,3-10H2,1-2H3. The van der Waals surface area contributed by atoms with E-state index in [1.165, 1.54) is 11.3 Å². The highest BCUT2D eigenvalue weighted by atomic mass is 16.3. The molecule has 1 N–H and O–H groups in total. The lowest BCUT2D eigenvalue weighted by Crippen LogP contribution is -2.52. The van der Waals surface area contributed by atoms with Gasteiger partial charge >= 0.3 is 0 Å². The van der Waals surface area contributed by atoms with E-state index >= 15 is 0 Å². The van der Waals surface area contributed by atoms with Crippen LogP contribution in [0.2, 0.25) is 0 Å². The molecule has 4 nitrogen and oxygen atoms in total. The molecule has 2 atom stereocenters. The molecule has 2 unspecified atom stereocenters. The average molecular weight is 267 g/mol. The highest BCUT2D eigenvalue weighted by Crippen LogP contribution is 2.45. The van der Waals surface area contributed by atoms with Crippen molar-refractivity contribution in [1.29, 1.82) is 0 Å². The number of piperidine rings is 1. The first-order valence-corrected chi connectivity index (χ1v) is 7.46. The van der Waals surface area contributed by atoms with E-state index in [1.807, 2.05) is 6.92 Å². The van der Waals surface area contributed by atoms with Gasteiger partial charge in [0.25, 0.3) is 0 Å². The molecule has 2 fully saturated rings. The summed E-state index contributed by atoms with van der Waals surface area (Å²) in [5, 5.41) is 9.42. The fourth-order valence-corrected chi connectivity index (χ4v) is 3.76. The number of imide groups is 1. The zero-order chi connectivity index (χ0) is 14.0. The van der Waals surface area contributed by atoms with Gasteiger partial charge in [0.05, 0.1) is 6.10 Å². The van der Waals surface area contributed by atoms with Gasteiger partial charge in [-0.05, 0) is 38.5 Å². The SMILES string of the molecule is CC(O)CC(C)N1C(=O)CC2(CCCCC2)CC1=O. The quantitative estimate of drug-likeness (QED) is 0.798. The van der Waals surface area contributed by atoms with Gasteiger partial charge in [0.15, 0.2) is 0 Å². The first-order chi connectivity index (χ1) is 8.93. The molecule has 0 radical (unpaired) electrons. The number of hydrogen-bond donors (Lipinski definition) is 1. The van der Waals surface area contributed by atoms with Crippen LogP contribution in [0.1, 0.15) is 65.2 Å². The van der Waals surface area contributed by atoms with Crippen molar-refractivity contribution in [3.8, 4) is 0 Å². The molecule has 0 bridgehead atoms. The maximum absolute atomic E-state index is 12.3. The van der Waals surface area contributed by atoms with E-state index < -0.39 is 6.10 Å². The van der Waals surface area contributed by atoms with Crippen LogP contribution in [-0.2, 0) is 9.59 Å². The maximum atomic E-state index is 12.3. The van der Waals surface area contributed by atoms with Gasteiger partial charge in [0.1, 0.15) is 0 Å². The van der Waals surface area contributed by atoms with Crippen molar-refractivity contribution < 1.29 is 14.7 Å². The van der Waals surface area contributed by atoms with E-state index in [0.29, 0.717) is 19.3 Å². The summed E-state index contributed by atoms with van der Waals surface area (Å²) >= 11 is 0. The van der Waals surface area contributed by atoms with Gasteiger partial charge in [0.2, 0.25) is 11.8 Å². The molecule has 1 spiro atoms. The molecule has 0 aromatic heterocycles. The molecule has 0 aromatic carbocycles. The fraction of sp³-hybridized carbons (Fsp3) is 0.867. The van der Waals surface area contributed by atoms with E-state index in [4.69, 9.17) is 0 Å². The number of aliphatic hydroxyl groups excluding tert-OH is 1. The Balaban J connectivity index is 2.06. The first kappa shape index (κ1) is 14.5. The van der Waals surface area contributed by atoms with Crippen molar-refractivity contribution in [2.75, 3.05) is 0 Å². The van der Waals surface area contributed by atoms with Crippen LogP contribution in [0.4, 0.5) is 0 Å². The van der Waals surface area contributed by atoms with Gasteiger partial charge < -0.3 is 5.11 Å². The van der Waals surface area contributed by atoms with Gasteiger partial charge in [-0.2, -0.15) is 0 Å². The van der Waals surface area contributed by atoms with Crippen LogP contribution < -0.4 is 0 Å². The molecule has 1 saturated heterocycles. The number of nitrogens with zero attached hydrogens (tertiary/aromatic N) is 1. The average Bonchev–Trinajstić information content (AvgIpc) is 2.27. The summed E-state index contributed by atoms with van der Waals surface area (Å²) in [6, 6.07) is -0.194. The highest BCUT2D eigenvalue weighted by molar-refractivity contribution is 5.98. The monoisotopic (exact) mass is 267 g/mol. The second kappa shape index (κ2) is 5.61. The second-order valence-corrected chi connectivity index (χ2v) is 6.51. The lowest BCUT2D eigenvalue weighted by Gasteiger charge is -2.44. The van der Waals surface area contributed by atoms with Crippen molar-refractivity contribution >= 4 is 11.8 Å². The van der Waals surface area contributed by atoms with Crippen LogP contribution in [0.5, 0.6) is 0 Å². The van der Waals surface area contributed by atoms with Gasteiger partial charge in [0, 0.05) is 18.9 Å². The minimum Gasteiger partial charge on any atom is -0.393 e. The van der Waals surface area contributed by atoms with Gasteiger partial charge in [-0.15, -0.1) is 0 Å². The molecule has 2 rings (SSSR count). The number of hydrogen-bond acceptors (Lipinski definition) is 3. The number of rotatable bonds is 3. The Morgan fingerprint density at radius 3 is 2.11 bits per heavy atom. The maximum Gasteiger partial charge on any atom is 0.229 e. The zero-order valence-corrected chi connectivity index (χ0v) is 12.0. The number of carbonyl (C=O) groups excluding carboxylic acids is 2. The van der Waals surface area contributed by atoms with Crippen LogP contribution >= 0.6 is 0 Å². The Bertz CT molecular complexity index is 338. The summed E-state index contributed by atoms with van der Waals surface area (Å²) in [6.45, 7) is 3.54. The molecule has 1 aliphatic heterocycles. The van der Waals surface area contributed by atoms with E-state index in [1.54, 1.807) is 6.92 Å². The Labute approximate surface area is 115 Å². The molecule has 1 saturated carbocycles. The lowest BCUT2D eigenvalue weighted by molar-refractivity contribution is -0.157. The summed E-state index contributed by atoms with van der Waals surface area (Å²) < 4.78 is 0. The minimum absolute atomic E-state index is 0.0358. The van der Waals surface area contributed by atoms with Gasteiger partial charge in [-0.3, -0.25) is 14.5 Å². The van der Waals surface area contributed by atoms with Crippen LogP contribution in [0, 0.1) is 5.41 Å². The second-order valence-electron chi connectivity index (χ2n) is 6.51. The molecule has 1 aliphatic carbocycles. The summed E-state index contributed by atoms with van der Waals surface area (Å²) in [6.07, 6.45) is 6.56. The fourth-order valence-electron chi connectivity index (χ4n) is 3.76. The number of likely N-dealkylation sites (tertiary alicyclic amines) is 1. The number of aliphatic hydroxyl groups is 1. The lowest BCUT2D eigenvalue weighted by atomic mass is 9.67. The molecular formula is C15H25NO3. The van der Waals surface area contributed by atoms with E-state index in [9.17, 15) is 14.7 Å². The Morgan fingerprint density at radius 1 is 1.11 bits per heavy atom. The topological polar surface area (TPSA) is 57.6 Å². The number of amides is 2. The van der Waals surface area contributed by atoms with Crippen LogP contribution in [-0.4, -0.2) is 34.0 Å². The Kier molecular flexibility index (Phi) is 4.29. The van der Waals surface area contributed by atoms with E-state index in [-0.39, 0.29) is 23.3 Å². The Morgan fingerprint density at radius 2 is 1.63 bits per heavy atom. The predicted molar refractivity (Wildman–Crippen MR) is 72.4 cm³/mol. The molecule has 0 aromatic rings. The third-order valence-corrected chi connectivity index (χ3v) is 4.63. The molecular weight excluding hydrogens is 242 g/mol. The van der Waals surface area contributed by atoms with Crippen molar-refractivity contribution in [2.24, 2.45) is 5.41 Å². The van der Waals surface area contributed by atoms with Crippen LogP contribution in [0.15, 0.2) is 0 Å². The smallest absolute Gasteiger partial charge is 0.229 e. The van der Waals surface area contributed by atoms with Gasteiger partial charge in [-0.25, -0.2) is 0 Å². The van der Waals surface area contributed by atoms with Crippen molar-refractivity contribution in [3.05, 3.63) is 0 Å². The summed E-state index contributed by atoms with van der Waals surface area (Å²) in [7, 11) is 0. The highest BCUT2D eigenvalue weighted by Gasteiger charge is 2.45. The molecule has 108 valence electrons. The molecule has 2 amide bonds. The van der Waals surface area contributed by atoms with Crippen LogP contribution in [0.3, 0.4) is 0 Å². The summed E-state index contributed by atoms with van der Waals surface area (Å²) in [5.74, 6) is -0.0717. The third kappa shape index (κ3) is 3.16. The Hall–Kier alpha value is -0.900. The van der Waals surface area contributed by atoms with E-state index in [2.05, 4.69) is 0 Å². The zero-order valence-electron chi connectivity index (χ0n) is 12.0. The van der Waals surface area contributed by atoms with E-state index in [0.717, 1.165) is 25.7 Å². The third-order valence-electron chi connectivity index (χ3n) is 4.63. The van der Waals surface area contributed by atoms with Gasteiger partial charge in [-0.1, -0.05) is 19.3 Å². The van der Waals surface area contributed by atoms with Crippen molar-refractivity contribution in [3.63, 3.8) is 0 Å². The largest absolute Gasteiger partial charge is 0.393 e.